The molecule has 2 rings (SSSR count). The summed E-state index contributed by atoms with van der Waals surface area (Å²) < 4.78 is 0. The average Bonchev–Trinajstić information content (AvgIpc) is 2.30. The van der Waals surface area contributed by atoms with Gasteiger partial charge in [0.05, 0.1) is 0 Å². The minimum absolute atomic E-state index is 0.676. The van der Waals surface area contributed by atoms with E-state index in [0.717, 1.165) is 17.9 Å². The zero-order valence-electron chi connectivity index (χ0n) is 9.14. The molecule has 1 aromatic rings. The lowest BCUT2D eigenvalue weighted by atomic mass is 10.2. The van der Waals surface area contributed by atoms with Crippen molar-refractivity contribution in [1.29, 1.82) is 0 Å². The van der Waals surface area contributed by atoms with Crippen LogP contribution in [0.15, 0.2) is 34.3 Å². The first-order valence-electron chi connectivity index (χ1n) is 5.20. The first-order valence-corrected chi connectivity index (χ1v) is 5.20. The van der Waals surface area contributed by atoms with Gasteiger partial charge in [-0.3, -0.25) is 4.99 Å². The highest BCUT2D eigenvalue weighted by Gasteiger charge is 2.12. The number of aryl methyl sites for hydroxylation is 1. The van der Waals surface area contributed by atoms with Crippen LogP contribution in [0.3, 0.4) is 0 Å². The zero-order valence-corrected chi connectivity index (χ0v) is 9.14. The predicted octanol–water partition coefficient (Wildman–Crippen LogP) is 2.61. The third-order valence-electron chi connectivity index (χ3n) is 2.48. The van der Waals surface area contributed by atoms with Gasteiger partial charge in [0.2, 0.25) is 0 Å². The molecule has 0 N–H and O–H groups in total. The molecule has 0 saturated heterocycles. The lowest BCUT2D eigenvalue weighted by molar-refractivity contribution is 0.967. The van der Waals surface area contributed by atoms with Crippen molar-refractivity contribution in [1.82, 2.24) is 0 Å². The van der Waals surface area contributed by atoms with Gasteiger partial charge in [-0.15, -0.1) is 0 Å². The summed E-state index contributed by atoms with van der Waals surface area (Å²) in [7, 11) is 0. The minimum atomic E-state index is 0.676. The van der Waals surface area contributed by atoms with Crippen molar-refractivity contribution in [3.63, 3.8) is 0 Å². The number of amidine groups is 1. The fourth-order valence-electron chi connectivity index (χ4n) is 1.61. The van der Waals surface area contributed by atoms with Crippen LogP contribution in [-0.2, 0) is 0 Å². The maximum Gasteiger partial charge on any atom is 0.117 e. The minimum Gasteiger partial charge on any atom is -0.310 e. The molecular formula is C12H15N3. The zero-order chi connectivity index (χ0) is 10.7. The Bertz CT molecular complexity index is 390. The number of benzene rings is 1. The van der Waals surface area contributed by atoms with E-state index in [4.69, 9.17) is 0 Å². The maximum atomic E-state index is 4.28. The second-order valence-electron chi connectivity index (χ2n) is 3.60. The van der Waals surface area contributed by atoms with Gasteiger partial charge in [-0.1, -0.05) is 24.6 Å². The number of aliphatic imine (C=N–C) groups is 2. The van der Waals surface area contributed by atoms with Gasteiger partial charge in [-0.05, 0) is 19.1 Å². The third-order valence-corrected chi connectivity index (χ3v) is 2.48. The lowest BCUT2D eigenvalue weighted by Crippen LogP contribution is -2.32. The first kappa shape index (κ1) is 9.90. The normalized spacial score (nSPS) is 15.3. The van der Waals surface area contributed by atoms with Crippen LogP contribution >= 0.6 is 0 Å². The van der Waals surface area contributed by atoms with Gasteiger partial charge in [-0.2, -0.15) is 0 Å². The fourth-order valence-corrected chi connectivity index (χ4v) is 1.61. The van der Waals surface area contributed by atoms with E-state index in [9.17, 15) is 0 Å². The summed E-state index contributed by atoms with van der Waals surface area (Å²) in [5, 5.41) is 0. The van der Waals surface area contributed by atoms with E-state index in [2.05, 4.69) is 53.0 Å². The van der Waals surface area contributed by atoms with Gasteiger partial charge in [-0.25, -0.2) is 4.99 Å². The molecule has 0 atom stereocenters. The molecule has 0 aliphatic carbocycles. The molecular weight excluding hydrogens is 186 g/mol. The monoisotopic (exact) mass is 201 g/mol. The Morgan fingerprint density at radius 3 is 2.67 bits per heavy atom. The van der Waals surface area contributed by atoms with Crippen LogP contribution in [0.1, 0.15) is 18.9 Å². The second kappa shape index (κ2) is 4.26. The molecule has 0 aromatic heterocycles. The van der Waals surface area contributed by atoms with E-state index in [1.165, 1.54) is 5.56 Å². The van der Waals surface area contributed by atoms with Crippen LogP contribution in [0.25, 0.3) is 0 Å². The summed E-state index contributed by atoms with van der Waals surface area (Å²) in [6, 6.07) is 8.45. The van der Waals surface area contributed by atoms with Gasteiger partial charge >= 0.3 is 0 Å². The molecule has 1 aliphatic heterocycles. The van der Waals surface area contributed by atoms with Crippen LogP contribution in [0.4, 0.5) is 5.69 Å². The summed E-state index contributed by atoms with van der Waals surface area (Å²) in [4.78, 5) is 10.6. The first-order chi connectivity index (χ1) is 7.31. The van der Waals surface area contributed by atoms with Crippen molar-refractivity contribution in [2.24, 2.45) is 9.98 Å². The van der Waals surface area contributed by atoms with E-state index < -0.39 is 0 Å². The molecule has 0 saturated carbocycles. The molecule has 1 heterocycles. The van der Waals surface area contributed by atoms with Gasteiger partial charge in [0.1, 0.15) is 18.8 Å². The molecule has 0 unspecified atom stereocenters. The maximum absolute atomic E-state index is 4.28. The van der Waals surface area contributed by atoms with E-state index in [1.54, 1.807) is 6.34 Å². The molecule has 1 aromatic carbocycles. The predicted molar refractivity (Wildman–Crippen MR) is 64.7 cm³/mol. The Labute approximate surface area is 90.2 Å². The Kier molecular flexibility index (Phi) is 2.81. The quantitative estimate of drug-likeness (QED) is 0.722. The van der Waals surface area contributed by atoms with Crippen molar-refractivity contribution in [3.8, 4) is 0 Å². The van der Waals surface area contributed by atoms with E-state index >= 15 is 0 Å². The summed E-state index contributed by atoms with van der Waals surface area (Å²) >= 11 is 0. The summed E-state index contributed by atoms with van der Waals surface area (Å²) in [6.07, 6.45) is 2.57. The van der Waals surface area contributed by atoms with E-state index in [-0.39, 0.29) is 0 Å². The summed E-state index contributed by atoms with van der Waals surface area (Å²) in [5.41, 5.74) is 2.44. The molecule has 1 aliphatic rings. The molecule has 0 radical (unpaired) electrons. The Morgan fingerprint density at radius 1 is 1.27 bits per heavy atom. The molecule has 0 amide bonds. The molecule has 0 fully saturated rings. The van der Waals surface area contributed by atoms with Crippen molar-refractivity contribution < 1.29 is 0 Å². The van der Waals surface area contributed by atoms with Crippen molar-refractivity contribution in [3.05, 3.63) is 29.8 Å². The molecule has 15 heavy (non-hydrogen) atoms. The number of nitrogens with zero attached hydrogens (tertiary/aromatic N) is 3. The summed E-state index contributed by atoms with van der Waals surface area (Å²) in [6.45, 7) is 4.88. The topological polar surface area (TPSA) is 28.0 Å². The van der Waals surface area contributed by atoms with Crippen LogP contribution in [0.5, 0.6) is 0 Å². The van der Waals surface area contributed by atoms with Crippen molar-refractivity contribution in [2.75, 3.05) is 11.6 Å². The van der Waals surface area contributed by atoms with E-state index in [0.29, 0.717) is 6.67 Å². The molecule has 0 spiro atoms. The number of rotatable bonds is 2. The van der Waals surface area contributed by atoms with Crippen molar-refractivity contribution >= 4 is 17.9 Å². The van der Waals surface area contributed by atoms with Gasteiger partial charge in [0, 0.05) is 12.1 Å². The second-order valence-corrected chi connectivity index (χ2v) is 3.60. The van der Waals surface area contributed by atoms with Gasteiger partial charge in [0.25, 0.3) is 0 Å². The highest BCUT2D eigenvalue weighted by atomic mass is 15.3. The Morgan fingerprint density at radius 2 is 2.00 bits per heavy atom. The standard InChI is InChI=1S/C12H15N3/c1-3-12-14-8-13-9-15(12)11-6-4-10(2)5-7-11/h4-8H,3,9H2,1-2H3. The van der Waals surface area contributed by atoms with Crippen molar-refractivity contribution in [2.45, 2.75) is 20.3 Å². The molecule has 3 nitrogen and oxygen atoms in total. The molecule has 78 valence electrons. The van der Waals surface area contributed by atoms with Crippen LogP contribution in [0.2, 0.25) is 0 Å². The lowest BCUT2D eigenvalue weighted by Gasteiger charge is -2.25. The largest absolute Gasteiger partial charge is 0.310 e. The van der Waals surface area contributed by atoms with Crippen LogP contribution in [0, 0.1) is 6.92 Å². The third kappa shape index (κ3) is 2.06. The Balaban J connectivity index is 2.27. The number of anilines is 1. The number of hydrogen-bond acceptors (Lipinski definition) is 3. The smallest absolute Gasteiger partial charge is 0.117 e. The summed E-state index contributed by atoms with van der Waals surface area (Å²) in [5.74, 6) is 1.08. The van der Waals surface area contributed by atoms with Crippen LogP contribution < -0.4 is 4.90 Å². The highest BCUT2D eigenvalue weighted by Crippen LogP contribution is 2.17. The SMILES string of the molecule is CCC1=NC=NCN1c1ccc(C)cc1. The fraction of sp³-hybridized carbons (Fsp3) is 0.333. The van der Waals surface area contributed by atoms with E-state index in [1.807, 2.05) is 0 Å². The highest BCUT2D eigenvalue weighted by molar-refractivity contribution is 6.02. The molecule has 3 heteroatoms. The average molecular weight is 201 g/mol. The molecule has 0 bridgehead atoms. The van der Waals surface area contributed by atoms with Crippen LogP contribution in [-0.4, -0.2) is 18.8 Å². The van der Waals surface area contributed by atoms with Gasteiger partial charge < -0.3 is 4.90 Å². The van der Waals surface area contributed by atoms with Gasteiger partial charge in [0.15, 0.2) is 0 Å². The Hall–Kier alpha value is -1.64. The number of hydrogen-bond donors (Lipinski definition) is 0.